The van der Waals surface area contributed by atoms with Crippen LogP contribution in [0.4, 0.5) is 13.2 Å². The van der Waals surface area contributed by atoms with Crippen LogP contribution >= 0.6 is 0 Å². The van der Waals surface area contributed by atoms with E-state index < -0.39 is 46.5 Å². The Balaban J connectivity index is 1.72. The maximum Gasteiger partial charge on any atom is 0.420 e. The number of halogens is 3. The number of ether oxygens (including phenoxy) is 3. The molecule has 0 spiro atoms. The number of hydrogen-bond donors (Lipinski definition) is 3. The van der Waals surface area contributed by atoms with Gasteiger partial charge in [-0.05, 0) is 48.5 Å². The van der Waals surface area contributed by atoms with E-state index in [1.54, 1.807) is 0 Å². The van der Waals surface area contributed by atoms with Gasteiger partial charge in [0.2, 0.25) is 17.6 Å². The molecule has 220 valence electrons. The summed E-state index contributed by atoms with van der Waals surface area (Å²) in [6.45, 7) is -0.317. The fourth-order valence-corrected chi connectivity index (χ4v) is 4.12. The molecule has 3 amide bonds. The number of carbonyl (C=O) groups is 4. The normalized spacial score (nSPS) is 16.9. The molecule has 41 heavy (non-hydrogen) atoms. The predicted molar refractivity (Wildman–Crippen MR) is 139 cm³/mol. The molecule has 0 radical (unpaired) electrons. The largest absolute Gasteiger partial charge is 0.497 e. The lowest BCUT2D eigenvalue weighted by atomic mass is 9.96. The van der Waals surface area contributed by atoms with Gasteiger partial charge in [-0.2, -0.15) is 13.2 Å². The van der Waals surface area contributed by atoms with Gasteiger partial charge in [0.25, 0.3) is 5.91 Å². The summed E-state index contributed by atoms with van der Waals surface area (Å²) in [7, 11) is 2.60. The number of nitrogens with zero attached hydrogens (tertiary/aromatic N) is 1. The Bertz CT molecular complexity index is 1310. The summed E-state index contributed by atoms with van der Waals surface area (Å²) in [5, 5.41) is 5.12. The van der Waals surface area contributed by atoms with E-state index in [9.17, 15) is 32.3 Å². The van der Waals surface area contributed by atoms with E-state index in [1.807, 2.05) is 0 Å². The van der Waals surface area contributed by atoms with Crippen molar-refractivity contribution in [1.82, 2.24) is 15.5 Å². The number of likely N-dealkylation sites (tertiary alicyclic amines) is 1. The van der Waals surface area contributed by atoms with Gasteiger partial charge < -0.3 is 35.5 Å². The molecule has 14 heteroatoms. The minimum atomic E-state index is -4.67. The summed E-state index contributed by atoms with van der Waals surface area (Å²) in [6, 6.07) is 9.27. The number of rotatable bonds is 11. The molecule has 1 unspecified atom stereocenters. The zero-order valence-electron chi connectivity index (χ0n) is 22.2. The first-order valence-electron chi connectivity index (χ1n) is 12.2. The summed E-state index contributed by atoms with van der Waals surface area (Å²) in [6.07, 6.45) is -2.90. The molecule has 1 atom stereocenters. The highest BCUT2D eigenvalue weighted by Crippen LogP contribution is 2.40. The van der Waals surface area contributed by atoms with Crippen molar-refractivity contribution in [2.45, 2.75) is 24.7 Å². The van der Waals surface area contributed by atoms with E-state index in [4.69, 9.17) is 19.9 Å². The van der Waals surface area contributed by atoms with Crippen molar-refractivity contribution in [3.8, 4) is 17.2 Å². The molecule has 1 aliphatic heterocycles. The van der Waals surface area contributed by atoms with E-state index >= 15 is 0 Å². The molecule has 0 aromatic heterocycles. The molecule has 1 aliphatic rings. The second-order valence-corrected chi connectivity index (χ2v) is 9.05. The van der Waals surface area contributed by atoms with Gasteiger partial charge in [-0.15, -0.1) is 0 Å². The summed E-state index contributed by atoms with van der Waals surface area (Å²) >= 11 is 0. The Kier molecular flexibility index (Phi) is 9.94. The average Bonchev–Trinajstić information content (AvgIpc) is 3.37. The molecular formula is C27H29F3N4O7. The molecule has 1 fully saturated rings. The van der Waals surface area contributed by atoms with Crippen molar-refractivity contribution in [2.24, 2.45) is 5.73 Å². The number of amides is 3. The topological polar surface area (TPSA) is 149 Å². The van der Waals surface area contributed by atoms with Gasteiger partial charge in [-0.1, -0.05) is 12.1 Å². The molecule has 0 saturated carbocycles. The second kappa shape index (κ2) is 13.2. The first-order chi connectivity index (χ1) is 19.4. The van der Waals surface area contributed by atoms with Gasteiger partial charge in [0.1, 0.15) is 35.0 Å². The summed E-state index contributed by atoms with van der Waals surface area (Å²) in [5.41, 5.74) is 3.14. The smallest absolute Gasteiger partial charge is 0.420 e. The predicted octanol–water partition coefficient (Wildman–Crippen LogP) is 1.90. The molecule has 2 aromatic carbocycles. The minimum absolute atomic E-state index is 0.0263. The first-order valence-corrected chi connectivity index (χ1v) is 12.2. The molecule has 3 rings (SSSR count). The Morgan fingerprint density at radius 2 is 1.76 bits per heavy atom. The first kappa shape index (κ1) is 30.9. The molecular weight excluding hydrogens is 549 g/mol. The number of hydrogen-bond acceptors (Lipinski definition) is 8. The maximum absolute atomic E-state index is 13.5. The van der Waals surface area contributed by atoms with Crippen LogP contribution in [0.3, 0.4) is 0 Å². The zero-order chi connectivity index (χ0) is 30.2. The lowest BCUT2D eigenvalue weighted by Gasteiger charge is -2.29. The lowest BCUT2D eigenvalue weighted by Crippen LogP contribution is -2.61. The molecule has 4 N–H and O–H groups in total. The Morgan fingerprint density at radius 3 is 2.37 bits per heavy atom. The van der Waals surface area contributed by atoms with Gasteiger partial charge in [-0.3, -0.25) is 19.2 Å². The Labute approximate surface area is 233 Å². The van der Waals surface area contributed by atoms with Gasteiger partial charge in [0.05, 0.1) is 13.7 Å². The van der Waals surface area contributed by atoms with Crippen LogP contribution in [0.5, 0.6) is 17.2 Å². The van der Waals surface area contributed by atoms with Crippen LogP contribution < -0.4 is 25.8 Å². The molecule has 1 saturated heterocycles. The highest BCUT2D eigenvalue weighted by atomic mass is 19.4. The number of carbonyl (C=O) groups excluding carboxylic acids is 4. The van der Waals surface area contributed by atoms with Crippen LogP contribution in [-0.4, -0.2) is 67.9 Å². The van der Waals surface area contributed by atoms with Crippen molar-refractivity contribution in [3.63, 3.8) is 0 Å². The van der Waals surface area contributed by atoms with Gasteiger partial charge in [0.15, 0.2) is 0 Å². The monoisotopic (exact) mass is 578 g/mol. The van der Waals surface area contributed by atoms with Crippen molar-refractivity contribution in [3.05, 3.63) is 65.9 Å². The fourth-order valence-electron chi connectivity index (χ4n) is 4.12. The standard InChI is InChI=1S/C27H29F3N4O7/c1-39-15-23(36)34-12-10-26(16-34,33-24(37)21(35)9-11-31)25(38)32-14-17-3-5-18(6-4-17)41-22-8-7-19(40-2)13-20(22)27(28,29)30/h3-9,11,13H,10,12,14-16,31H2,1-2H3,(H,32,38)(H,33,37). The molecule has 0 bridgehead atoms. The number of methoxy groups -OCH3 is 2. The number of ketones is 1. The van der Waals surface area contributed by atoms with Crippen LogP contribution in [0.2, 0.25) is 0 Å². The second-order valence-electron chi connectivity index (χ2n) is 9.05. The third-order valence-electron chi connectivity index (χ3n) is 6.25. The van der Waals surface area contributed by atoms with Gasteiger partial charge in [0, 0.05) is 26.3 Å². The Hall–Kier alpha value is -4.59. The summed E-state index contributed by atoms with van der Waals surface area (Å²) in [5.74, 6) is -3.34. The lowest BCUT2D eigenvalue weighted by molar-refractivity contribution is -0.140. The third-order valence-corrected chi connectivity index (χ3v) is 6.25. The van der Waals surface area contributed by atoms with Crippen molar-refractivity contribution < 1.29 is 46.6 Å². The fraction of sp³-hybridized carbons (Fsp3) is 0.333. The van der Waals surface area contributed by atoms with E-state index in [0.717, 1.165) is 24.4 Å². The van der Waals surface area contributed by atoms with Crippen molar-refractivity contribution in [1.29, 1.82) is 0 Å². The number of benzene rings is 2. The highest BCUT2D eigenvalue weighted by Gasteiger charge is 2.47. The summed E-state index contributed by atoms with van der Waals surface area (Å²) in [4.78, 5) is 51.3. The van der Waals surface area contributed by atoms with Crippen LogP contribution in [0.1, 0.15) is 17.5 Å². The van der Waals surface area contributed by atoms with E-state index in [-0.39, 0.29) is 44.2 Å². The quantitative estimate of drug-likeness (QED) is 0.270. The SMILES string of the molecule is COCC(=O)N1CCC(NC(=O)C(=O)C=CN)(C(=O)NCc2ccc(Oc3ccc(OC)cc3C(F)(F)F)cc2)C1. The maximum atomic E-state index is 13.5. The van der Waals surface area contributed by atoms with E-state index in [0.29, 0.717) is 5.56 Å². The number of alkyl halides is 3. The number of nitrogens with two attached hydrogens (primary N) is 1. The van der Waals surface area contributed by atoms with Crippen molar-refractivity contribution >= 4 is 23.5 Å². The Morgan fingerprint density at radius 1 is 1.07 bits per heavy atom. The van der Waals surface area contributed by atoms with Crippen LogP contribution in [0.15, 0.2) is 54.7 Å². The zero-order valence-corrected chi connectivity index (χ0v) is 22.2. The van der Waals surface area contributed by atoms with Crippen LogP contribution in [0.25, 0.3) is 0 Å². The average molecular weight is 579 g/mol. The molecule has 1 heterocycles. The molecule has 0 aliphatic carbocycles. The highest BCUT2D eigenvalue weighted by molar-refractivity contribution is 6.41. The molecule has 2 aromatic rings. The van der Waals surface area contributed by atoms with Crippen LogP contribution in [-0.2, 0) is 36.6 Å². The minimum Gasteiger partial charge on any atom is -0.497 e. The van der Waals surface area contributed by atoms with E-state index in [2.05, 4.69) is 10.6 Å². The number of nitrogens with one attached hydrogen (secondary N) is 2. The third kappa shape index (κ3) is 7.75. The van der Waals surface area contributed by atoms with Gasteiger partial charge in [-0.25, -0.2) is 0 Å². The van der Waals surface area contributed by atoms with Gasteiger partial charge >= 0.3 is 6.18 Å². The van der Waals surface area contributed by atoms with Crippen molar-refractivity contribution in [2.75, 3.05) is 33.9 Å². The van der Waals surface area contributed by atoms with Crippen LogP contribution in [0, 0.1) is 0 Å². The summed E-state index contributed by atoms with van der Waals surface area (Å²) < 4.78 is 55.6. The molecule has 11 nitrogen and oxygen atoms in total. The van der Waals surface area contributed by atoms with E-state index in [1.165, 1.54) is 49.5 Å².